The van der Waals surface area contributed by atoms with Gasteiger partial charge >= 0.3 is 6.18 Å². The van der Waals surface area contributed by atoms with Crippen molar-refractivity contribution in [1.29, 1.82) is 0 Å². The van der Waals surface area contributed by atoms with E-state index in [1.807, 2.05) is 0 Å². The molecule has 0 fully saturated rings. The van der Waals surface area contributed by atoms with Crippen molar-refractivity contribution in [1.82, 2.24) is 19.7 Å². The molecule has 0 saturated heterocycles. The van der Waals surface area contributed by atoms with Crippen LogP contribution in [0.25, 0.3) is 33.6 Å². The maximum atomic E-state index is 15.8. The molecule has 6 nitrogen and oxygen atoms in total. The molecule has 2 aromatic carbocycles. The van der Waals surface area contributed by atoms with Crippen LogP contribution in [0.1, 0.15) is 21.5 Å². The second-order valence-electron chi connectivity index (χ2n) is 7.33. The van der Waals surface area contributed by atoms with Gasteiger partial charge in [0.05, 0.1) is 22.5 Å². The molecule has 0 unspecified atom stereocenters. The SMILES string of the molecule is Cc1c(C(N)=O)c(F)c(-c2cncnc2-c2ccccc2)c(C(F)(F)F)c1-c1ccn(C)n1. The standard InChI is InChI=1S/C23H17F4N5O/c1-12-16(15-8-9-32(2)31-15)19(23(25,26)27)18(20(24)17(12)22(28)33)14-10-29-11-30-21(14)13-6-4-3-5-7-13/h3-11H,1-2H3,(H2,28,33). The van der Waals surface area contributed by atoms with Crippen molar-refractivity contribution < 1.29 is 22.4 Å². The molecule has 4 rings (SSSR count). The first kappa shape index (κ1) is 22.1. The molecular formula is C23H17F4N5O. The second-order valence-corrected chi connectivity index (χ2v) is 7.33. The van der Waals surface area contributed by atoms with Crippen molar-refractivity contribution in [3.63, 3.8) is 0 Å². The molecule has 2 N–H and O–H groups in total. The van der Waals surface area contributed by atoms with E-state index in [1.165, 1.54) is 30.9 Å². The fourth-order valence-electron chi connectivity index (χ4n) is 3.87. The summed E-state index contributed by atoms with van der Waals surface area (Å²) in [5.41, 5.74) is 2.13. The minimum Gasteiger partial charge on any atom is -0.365 e. The van der Waals surface area contributed by atoms with E-state index in [2.05, 4.69) is 15.1 Å². The first-order chi connectivity index (χ1) is 15.6. The Hall–Kier alpha value is -4.08. The molecule has 10 heteroatoms. The monoisotopic (exact) mass is 455 g/mol. The molecule has 0 bridgehead atoms. The van der Waals surface area contributed by atoms with Gasteiger partial charge in [-0.2, -0.15) is 18.3 Å². The number of rotatable bonds is 4. The number of halogens is 4. The zero-order valence-electron chi connectivity index (χ0n) is 17.5. The van der Waals surface area contributed by atoms with Crippen molar-refractivity contribution in [3.8, 4) is 33.6 Å². The van der Waals surface area contributed by atoms with Crippen LogP contribution in [0.5, 0.6) is 0 Å². The quantitative estimate of drug-likeness (QED) is 0.449. The van der Waals surface area contributed by atoms with E-state index in [0.717, 1.165) is 12.5 Å². The summed E-state index contributed by atoms with van der Waals surface area (Å²) in [7, 11) is 1.53. The number of carbonyl (C=O) groups is 1. The highest BCUT2D eigenvalue weighted by molar-refractivity contribution is 6.00. The Morgan fingerprint density at radius 3 is 2.36 bits per heavy atom. The summed E-state index contributed by atoms with van der Waals surface area (Å²) >= 11 is 0. The van der Waals surface area contributed by atoms with Gasteiger partial charge in [0.15, 0.2) is 0 Å². The van der Waals surface area contributed by atoms with E-state index in [9.17, 15) is 18.0 Å². The molecule has 2 aromatic heterocycles. The van der Waals surface area contributed by atoms with Gasteiger partial charge in [-0.15, -0.1) is 0 Å². The molecule has 0 spiro atoms. The van der Waals surface area contributed by atoms with E-state index in [-0.39, 0.29) is 22.5 Å². The summed E-state index contributed by atoms with van der Waals surface area (Å²) in [5.74, 6) is -2.59. The van der Waals surface area contributed by atoms with Gasteiger partial charge in [0.1, 0.15) is 12.1 Å². The third-order valence-electron chi connectivity index (χ3n) is 5.22. The minimum atomic E-state index is -5.01. The van der Waals surface area contributed by atoms with Crippen LogP contribution in [0.4, 0.5) is 17.6 Å². The summed E-state index contributed by atoms with van der Waals surface area (Å²) < 4.78 is 60.8. The lowest BCUT2D eigenvalue weighted by Gasteiger charge is -2.23. The Bertz CT molecular complexity index is 1360. The van der Waals surface area contributed by atoms with Gasteiger partial charge in [-0.05, 0) is 18.6 Å². The smallest absolute Gasteiger partial charge is 0.365 e. The number of nitrogens with zero attached hydrogens (tertiary/aromatic N) is 4. The van der Waals surface area contributed by atoms with Crippen LogP contribution >= 0.6 is 0 Å². The van der Waals surface area contributed by atoms with Gasteiger partial charge in [0.2, 0.25) is 0 Å². The van der Waals surface area contributed by atoms with Crippen molar-refractivity contribution >= 4 is 5.91 Å². The van der Waals surface area contributed by atoms with Crippen LogP contribution in [0, 0.1) is 12.7 Å². The summed E-state index contributed by atoms with van der Waals surface area (Å²) in [6.45, 7) is 1.21. The highest BCUT2D eigenvalue weighted by atomic mass is 19.4. The number of aryl methyl sites for hydroxylation is 1. The fourth-order valence-corrected chi connectivity index (χ4v) is 3.87. The lowest BCUT2D eigenvalue weighted by molar-refractivity contribution is -0.136. The number of carbonyl (C=O) groups excluding carboxylic acids is 1. The molecular weight excluding hydrogens is 438 g/mol. The van der Waals surface area contributed by atoms with Crippen LogP contribution in [-0.2, 0) is 13.2 Å². The maximum absolute atomic E-state index is 15.8. The van der Waals surface area contributed by atoms with Gasteiger partial charge in [-0.25, -0.2) is 14.4 Å². The first-order valence-corrected chi connectivity index (χ1v) is 9.70. The van der Waals surface area contributed by atoms with Crippen LogP contribution in [0.15, 0.2) is 55.1 Å². The van der Waals surface area contributed by atoms with Gasteiger partial charge in [-0.1, -0.05) is 30.3 Å². The van der Waals surface area contributed by atoms with Gasteiger partial charge in [-0.3, -0.25) is 9.48 Å². The summed E-state index contributed by atoms with van der Waals surface area (Å²) in [6.07, 6.45) is -1.32. The zero-order chi connectivity index (χ0) is 23.9. The maximum Gasteiger partial charge on any atom is 0.417 e. The number of benzene rings is 2. The highest BCUT2D eigenvalue weighted by Crippen LogP contribution is 2.48. The molecule has 0 aliphatic carbocycles. The number of alkyl halides is 3. The fraction of sp³-hybridized carbons (Fsp3) is 0.130. The van der Waals surface area contributed by atoms with Gasteiger partial charge < -0.3 is 5.73 Å². The minimum absolute atomic E-state index is 0.0706. The third-order valence-corrected chi connectivity index (χ3v) is 5.22. The van der Waals surface area contributed by atoms with E-state index >= 15 is 4.39 Å². The predicted molar refractivity (Wildman–Crippen MR) is 113 cm³/mol. The molecule has 0 radical (unpaired) electrons. The second kappa shape index (κ2) is 8.12. The number of hydrogen-bond donors (Lipinski definition) is 1. The molecule has 4 aromatic rings. The molecule has 2 heterocycles. The number of aromatic nitrogens is 4. The Kier molecular flexibility index (Phi) is 5.44. The Balaban J connectivity index is 2.22. The number of hydrogen-bond acceptors (Lipinski definition) is 4. The van der Waals surface area contributed by atoms with Crippen molar-refractivity contribution in [3.05, 3.63) is 77.6 Å². The van der Waals surface area contributed by atoms with E-state index in [4.69, 9.17) is 5.73 Å². The molecule has 0 atom stereocenters. The molecule has 1 amide bonds. The molecule has 0 aliphatic rings. The van der Waals surface area contributed by atoms with Crippen molar-refractivity contribution in [2.24, 2.45) is 12.8 Å². The number of nitrogens with two attached hydrogens (primary N) is 1. The molecule has 0 aliphatic heterocycles. The zero-order valence-corrected chi connectivity index (χ0v) is 17.5. The Morgan fingerprint density at radius 1 is 1.09 bits per heavy atom. The summed E-state index contributed by atoms with van der Waals surface area (Å²) in [6, 6.07) is 9.67. The topological polar surface area (TPSA) is 86.7 Å². The first-order valence-electron chi connectivity index (χ1n) is 9.70. The van der Waals surface area contributed by atoms with E-state index in [1.54, 1.807) is 30.3 Å². The van der Waals surface area contributed by atoms with Crippen molar-refractivity contribution in [2.75, 3.05) is 0 Å². The van der Waals surface area contributed by atoms with E-state index in [0.29, 0.717) is 5.56 Å². The summed E-state index contributed by atoms with van der Waals surface area (Å²) in [5, 5.41) is 4.07. The largest absolute Gasteiger partial charge is 0.417 e. The lowest BCUT2D eigenvalue weighted by atomic mass is 9.85. The molecule has 168 valence electrons. The van der Waals surface area contributed by atoms with Crippen molar-refractivity contribution in [2.45, 2.75) is 13.1 Å². The number of primary amides is 1. The molecule has 0 saturated carbocycles. The van der Waals surface area contributed by atoms with Gasteiger partial charge in [0.25, 0.3) is 5.91 Å². The third kappa shape index (κ3) is 3.84. The normalized spacial score (nSPS) is 11.6. The Labute approximate surface area is 185 Å². The summed E-state index contributed by atoms with van der Waals surface area (Å²) in [4.78, 5) is 20.1. The predicted octanol–water partition coefficient (Wildman–Crippen LogP) is 4.78. The average molecular weight is 455 g/mol. The Morgan fingerprint density at radius 2 is 1.79 bits per heavy atom. The van der Waals surface area contributed by atoms with Crippen LogP contribution in [0.2, 0.25) is 0 Å². The van der Waals surface area contributed by atoms with Crippen LogP contribution in [0.3, 0.4) is 0 Å². The van der Waals surface area contributed by atoms with Gasteiger partial charge in [0, 0.05) is 41.7 Å². The highest BCUT2D eigenvalue weighted by Gasteiger charge is 2.42. The van der Waals surface area contributed by atoms with Crippen LogP contribution in [-0.4, -0.2) is 25.7 Å². The van der Waals surface area contributed by atoms with E-state index < -0.39 is 40.2 Å². The average Bonchev–Trinajstić information content (AvgIpc) is 3.19. The lowest BCUT2D eigenvalue weighted by Crippen LogP contribution is -2.21. The van der Waals surface area contributed by atoms with Crippen LogP contribution < -0.4 is 5.73 Å². The number of amides is 1. The molecule has 33 heavy (non-hydrogen) atoms.